The first kappa shape index (κ1) is 14.1. The molecule has 0 aromatic heterocycles. The minimum absolute atomic E-state index is 0.0374. The maximum atomic E-state index is 11.7. The Morgan fingerprint density at radius 1 is 1.05 bits per heavy atom. The van der Waals surface area contributed by atoms with Crippen molar-refractivity contribution in [3.05, 3.63) is 65.2 Å². The van der Waals surface area contributed by atoms with Crippen LogP contribution in [0.15, 0.2) is 48.5 Å². The summed E-state index contributed by atoms with van der Waals surface area (Å²) in [6.07, 6.45) is 0. The van der Waals surface area contributed by atoms with E-state index in [9.17, 15) is 4.79 Å². The Hall–Kier alpha value is -2.29. The number of ether oxygens (including phenoxy) is 1. The van der Waals surface area contributed by atoms with Crippen LogP contribution in [0.3, 0.4) is 0 Å². The lowest BCUT2D eigenvalue weighted by Gasteiger charge is -2.09. The van der Waals surface area contributed by atoms with Crippen molar-refractivity contribution < 1.29 is 9.53 Å². The van der Waals surface area contributed by atoms with Crippen LogP contribution in [0.4, 0.5) is 0 Å². The van der Waals surface area contributed by atoms with Crippen molar-refractivity contribution >= 4 is 5.91 Å². The number of hydrogen-bond acceptors (Lipinski definition) is 2. The van der Waals surface area contributed by atoms with Crippen LogP contribution in [0.5, 0.6) is 5.75 Å². The van der Waals surface area contributed by atoms with E-state index in [4.69, 9.17) is 4.74 Å². The molecule has 0 aliphatic heterocycles. The van der Waals surface area contributed by atoms with Crippen molar-refractivity contribution in [1.29, 1.82) is 0 Å². The van der Waals surface area contributed by atoms with Gasteiger partial charge >= 0.3 is 0 Å². The second kappa shape index (κ2) is 6.75. The van der Waals surface area contributed by atoms with Crippen LogP contribution < -0.4 is 10.1 Å². The van der Waals surface area contributed by atoms with Crippen LogP contribution in [0, 0.1) is 13.8 Å². The number of aryl methyl sites for hydroxylation is 2. The fraction of sp³-hybridized carbons (Fsp3) is 0.235. The first-order chi connectivity index (χ1) is 9.63. The maximum Gasteiger partial charge on any atom is 0.258 e. The van der Waals surface area contributed by atoms with Crippen molar-refractivity contribution in [2.75, 3.05) is 6.61 Å². The van der Waals surface area contributed by atoms with Crippen molar-refractivity contribution in [3.63, 3.8) is 0 Å². The van der Waals surface area contributed by atoms with Gasteiger partial charge in [-0.3, -0.25) is 4.79 Å². The summed E-state index contributed by atoms with van der Waals surface area (Å²) in [5, 5.41) is 2.83. The van der Waals surface area contributed by atoms with Crippen LogP contribution in [0.25, 0.3) is 0 Å². The molecular formula is C17H19NO2. The Kier molecular flexibility index (Phi) is 4.77. The summed E-state index contributed by atoms with van der Waals surface area (Å²) in [7, 11) is 0. The number of amides is 1. The second-order valence-electron chi connectivity index (χ2n) is 4.87. The molecule has 0 spiro atoms. The number of benzene rings is 2. The van der Waals surface area contributed by atoms with Crippen molar-refractivity contribution in [2.45, 2.75) is 20.4 Å². The summed E-state index contributed by atoms with van der Waals surface area (Å²) in [5.41, 5.74) is 3.33. The van der Waals surface area contributed by atoms with Gasteiger partial charge in [0, 0.05) is 6.54 Å². The van der Waals surface area contributed by atoms with Gasteiger partial charge < -0.3 is 10.1 Å². The average molecular weight is 269 g/mol. The van der Waals surface area contributed by atoms with Gasteiger partial charge in [0.1, 0.15) is 5.75 Å². The summed E-state index contributed by atoms with van der Waals surface area (Å²) < 4.78 is 5.51. The molecule has 3 heteroatoms. The van der Waals surface area contributed by atoms with Crippen LogP contribution >= 0.6 is 0 Å². The van der Waals surface area contributed by atoms with Crippen LogP contribution in [0.2, 0.25) is 0 Å². The van der Waals surface area contributed by atoms with Gasteiger partial charge in [-0.1, -0.05) is 36.4 Å². The molecule has 0 unspecified atom stereocenters. The van der Waals surface area contributed by atoms with Crippen molar-refractivity contribution in [1.82, 2.24) is 5.32 Å². The quantitative estimate of drug-likeness (QED) is 0.906. The van der Waals surface area contributed by atoms with E-state index < -0.39 is 0 Å². The average Bonchev–Trinajstić information content (AvgIpc) is 2.43. The van der Waals surface area contributed by atoms with E-state index >= 15 is 0 Å². The Balaban J connectivity index is 1.80. The Morgan fingerprint density at radius 2 is 1.70 bits per heavy atom. The SMILES string of the molecule is Cc1cc(C)cc(OCC(=O)NCc2ccccc2)c1. The highest BCUT2D eigenvalue weighted by molar-refractivity contribution is 5.77. The molecular weight excluding hydrogens is 250 g/mol. The molecule has 1 amide bonds. The zero-order valence-electron chi connectivity index (χ0n) is 11.8. The summed E-state index contributed by atoms with van der Waals surface area (Å²) in [4.78, 5) is 11.7. The first-order valence-electron chi connectivity index (χ1n) is 6.65. The molecule has 0 fully saturated rings. The molecule has 0 saturated carbocycles. The number of carbonyl (C=O) groups excluding carboxylic acids is 1. The van der Waals surface area contributed by atoms with E-state index in [2.05, 4.69) is 11.4 Å². The Bertz CT molecular complexity index is 559. The van der Waals surface area contributed by atoms with E-state index in [1.165, 1.54) is 0 Å². The normalized spacial score (nSPS) is 10.1. The summed E-state index contributed by atoms with van der Waals surface area (Å²) in [6, 6.07) is 15.7. The molecule has 104 valence electrons. The van der Waals surface area contributed by atoms with E-state index in [0.717, 1.165) is 22.4 Å². The molecule has 0 heterocycles. The number of nitrogens with one attached hydrogen (secondary N) is 1. The van der Waals surface area contributed by atoms with Gasteiger partial charge in [-0.05, 0) is 42.7 Å². The van der Waals surface area contributed by atoms with E-state index in [1.807, 2.05) is 56.3 Å². The minimum Gasteiger partial charge on any atom is -0.484 e. The van der Waals surface area contributed by atoms with Crippen LogP contribution in [-0.2, 0) is 11.3 Å². The molecule has 1 N–H and O–H groups in total. The maximum absolute atomic E-state index is 11.7. The fourth-order valence-corrected chi connectivity index (χ4v) is 2.01. The molecule has 0 atom stereocenters. The number of hydrogen-bond donors (Lipinski definition) is 1. The van der Waals surface area contributed by atoms with E-state index in [-0.39, 0.29) is 12.5 Å². The highest BCUT2D eigenvalue weighted by Gasteiger charge is 2.03. The molecule has 3 nitrogen and oxygen atoms in total. The van der Waals surface area contributed by atoms with Gasteiger partial charge in [-0.15, -0.1) is 0 Å². The highest BCUT2D eigenvalue weighted by atomic mass is 16.5. The van der Waals surface area contributed by atoms with E-state index in [1.54, 1.807) is 0 Å². The molecule has 2 aromatic carbocycles. The van der Waals surface area contributed by atoms with Crippen LogP contribution in [-0.4, -0.2) is 12.5 Å². The standard InChI is InChI=1S/C17H19NO2/c1-13-8-14(2)10-16(9-13)20-12-17(19)18-11-15-6-4-3-5-7-15/h3-10H,11-12H2,1-2H3,(H,18,19). The van der Waals surface area contributed by atoms with Gasteiger partial charge in [-0.2, -0.15) is 0 Å². The molecule has 0 bridgehead atoms. The zero-order chi connectivity index (χ0) is 14.4. The lowest BCUT2D eigenvalue weighted by atomic mass is 10.1. The third-order valence-corrected chi connectivity index (χ3v) is 2.90. The monoisotopic (exact) mass is 269 g/mol. The summed E-state index contributed by atoms with van der Waals surface area (Å²) >= 11 is 0. The predicted molar refractivity (Wildman–Crippen MR) is 79.7 cm³/mol. The lowest BCUT2D eigenvalue weighted by Crippen LogP contribution is -2.28. The minimum atomic E-state index is -0.118. The third kappa shape index (κ3) is 4.43. The molecule has 0 radical (unpaired) electrons. The molecule has 20 heavy (non-hydrogen) atoms. The largest absolute Gasteiger partial charge is 0.484 e. The summed E-state index contributed by atoms with van der Waals surface area (Å²) in [6.45, 7) is 4.58. The topological polar surface area (TPSA) is 38.3 Å². The predicted octanol–water partition coefficient (Wildman–Crippen LogP) is 3.00. The van der Waals surface area contributed by atoms with Gasteiger partial charge in [0.25, 0.3) is 5.91 Å². The number of rotatable bonds is 5. The molecule has 0 aliphatic rings. The van der Waals surface area contributed by atoms with Gasteiger partial charge in [-0.25, -0.2) is 0 Å². The van der Waals surface area contributed by atoms with E-state index in [0.29, 0.717) is 6.54 Å². The lowest BCUT2D eigenvalue weighted by molar-refractivity contribution is -0.123. The highest BCUT2D eigenvalue weighted by Crippen LogP contribution is 2.15. The van der Waals surface area contributed by atoms with Crippen LogP contribution in [0.1, 0.15) is 16.7 Å². The third-order valence-electron chi connectivity index (χ3n) is 2.90. The molecule has 2 rings (SSSR count). The van der Waals surface area contributed by atoms with Gasteiger partial charge in [0.15, 0.2) is 6.61 Å². The van der Waals surface area contributed by atoms with Crippen molar-refractivity contribution in [2.24, 2.45) is 0 Å². The Labute approximate surface area is 119 Å². The zero-order valence-corrected chi connectivity index (χ0v) is 11.8. The second-order valence-corrected chi connectivity index (χ2v) is 4.87. The van der Waals surface area contributed by atoms with Gasteiger partial charge in [0.2, 0.25) is 0 Å². The first-order valence-corrected chi connectivity index (χ1v) is 6.65. The molecule has 0 saturated heterocycles. The molecule has 2 aromatic rings. The van der Waals surface area contributed by atoms with Gasteiger partial charge in [0.05, 0.1) is 0 Å². The summed E-state index contributed by atoms with van der Waals surface area (Å²) in [5.74, 6) is 0.616. The smallest absolute Gasteiger partial charge is 0.258 e. The Morgan fingerprint density at radius 3 is 2.35 bits per heavy atom. The number of carbonyl (C=O) groups is 1. The molecule has 0 aliphatic carbocycles. The van der Waals surface area contributed by atoms with Crippen molar-refractivity contribution in [3.8, 4) is 5.75 Å². The fourth-order valence-electron chi connectivity index (χ4n) is 2.01.